The molecule has 0 aliphatic carbocycles. The van der Waals surface area contributed by atoms with Crippen LogP contribution in [0.5, 0.6) is 0 Å². The molecule has 3 heteroatoms. The van der Waals surface area contributed by atoms with E-state index in [-0.39, 0.29) is 5.41 Å². The molecule has 0 spiro atoms. The number of hydrogen-bond acceptors (Lipinski definition) is 1. The molecule has 2 aromatic carbocycles. The van der Waals surface area contributed by atoms with Gasteiger partial charge in [-0.15, -0.1) is 0 Å². The Morgan fingerprint density at radius 1 is 0.864 bits per heavy atom. The van der Waals surface area contributed by atoms with E-state index < -0.39 is 5.60 Å². The van der Waals surface area contributed by atoms with E-state index in [4.69, 9.17) is 11.6 Å². The second-order valence-electron chi connectivity index (χ2n) is 7.19. The van der Waals surface area contributed by atoms with Crippen molar-refractivity contribution in [1.82, 2.24) is 0 Å². The molecule has 0 aliphatic rings. The van der Waals surface area contributed by atoms with Gasteiger partial charge in [0.2, 0.25) is 0 Å². The van der Waals surface area contributed by atoms with Gasteiger partial charge in [-0.1, -0.05) is 60.4 Å². The third-order valence-electron chi connectivity index (χ3n) is 3.72. The fourth-order valence-electron chi connectivity index (χ4n) is 2.65. The van der Waals surface area contributed by atoms with Crippen LogP contribution in [0.1, 0.15) is 45.7 Å². The van der Waals surface area contributed by atoms with Crippen molar-refractivity contribution >= 4 is 27.5 Å². The van der Waals surface area contributed by atoms with Gasteiger partial charge in [-0.25, -0.2) is 0 Å². The normalized spacial score (nSPS) is 12.5. The van der Waals surface area contributed by atoms with E-state index in [9.17, 15) is 5.11 Å². The molecule has 1 N–H and O–H groups in total. The number of hydrogen-bond donors (Lipinski definition) is 1. The minimum absolute atomic E-state index is 0.00649. The smallest absolute Gasteiger partial charge is 0.0847 e. The molecule has 118 valence electrons. The van der Waals surface area contributed by atoms with Crippen LogP contribution >= 0.6 is 27.5 Å². The van der Waals surface area contributed by atoms with E-state index in [1.54, 1.807) is 13.8 Å². The first-order valence-electron chi connectivity index (χ1n) is 7.33. The van der Waals surface area contributed by atoms with Crippen molar-refractivity contribution in [1.29, 1.82) is 0 Å². The average Bonchev–Trinajstić information content (AvgIpc) is 2.36. The maximum Gasteiger partial charge on any atom is 0.0847 e. The lowest BCUT2D eigenvalue weighted by Gasteiger charge is -2.27. The number of halogens is 2. The summed E-state index contributed by atoms with van der Waals surface area (Å²) >= 11 is 9.71. The van der Waals surface area contributed by atoms with Crippen LogP contribution in [-0.2, 0) is 11.0 Å². The molecule has 0 aromatic heterocycles. The topological polar surface area (TPSA) is 20.2 Å². The summed E-state index contributed by atoms with van der Waals surface area (Å²) in [4.78, 5) is 0. The van der Waals surface area contributed by atoms with Crippen molar-refractivity contribution in [3.63, 3.8) is 0 Å². The van der Waals surface area contributed by atoms with Crippen molar-refractivity contribution in [2.24, 2.45) is 0 Å². The molecule has 0 saturated heterocycles. The first-order valence-corrected chi connectivity index (χ1v) is 8.50. The van der Waals surface area contributed by atoms with Gasteiger partial charge in [-0.05, 0) is 65.8 Å². The highest BCUT2D eigenvalue weighted by Crippen LogP contribution is 2.40. The first-order chi connectivity index (χ1) is 10.00. The van der Waals surface area contributed by atoms with E-state index in [0.717, 1.165) is 21.2 Å². The molecule has 0 bridgehead atoms. The van der Waals surface area contributed by atoms with Crippen molar-refractivity contribution in [3.8, 4) is 11.1 Å². The van der Waals surface area contributed by atoms with Gasteiger partial charge >= 0.3 is 0 Å². The molecule has 0 aliphatic heterocycles. The lowest BCUT2D eigenvalue weighted by molar-refractivity contribution is 0.0792. The Labute approximate surface area is 146 Å². The summed E-state index contributed by atoms with van der Waals surface area (Å²) in [7, 11) is 0. The summed E-state index contributed by atoms with van der Waals surface area (Å²) in [6.45, 7) is 10.2. The Balaban J connectivity index is 2.80. The van der Waals surface area contributed by atoms with E-state index in [0.29, 0.717) is 5.02 Å². The molecule has 0 unspecified atom stereocenters. The van der Waals surface area contributed by atoms with Crippen LogP contribution in [0.25, 0.3) is 11.1 Å². The largest absolute Gasteiger partial charge is 0.386 e. The van der Waals surface area contributed by atoms with Crippen molar-refractivity contribution < 1.29 is 5.11 Å². The Hall–Kier alpha value is -0.830. The van der Waals surface area contributed by atoms with Crippen molar-refractivity contribution in [3.05, 3.63) is 57.0 Å². The number of aliphatic hydroxyl groups is 1. The van der Waals surface area contributed by atoms with Crippen molar-refractivity contribution in [2.75, 3.05) is 0 Å². The molecule has 0 saturated carbocycles. The zero-order chi connectivity index (χ0) is 16.7. The standard InChI is InChI=1S/C19H22BrClO/c1-18(2,3)16-9-6-12(20)10-15(16)14-8-7-13(21)11-17(14)19(4,5)22/h6-11,22H,1-5H3. The molecule has 2 rings (SSSR count). The molecule has 22 heavy (non-hydrogen) atoms. The number of rotatable bonds is 2. The van der Waals surface area contributed by atoms with Gasteiger partial charge in [0.1, 0.15) is 0 Å². The second-order valence-corrected chi connectivity index (χ2v) is 8.54. The Morgan fingerprint density at radius 2 is 1.50 bits per heavy atom. The minimum atomic E-state index is -0.961. The van der Waals surface area contributed by atoms with Gasteiger partial charge in [0.25, 0.3) is 0 Å². The van der Waals surface area contributed by atoms with Crippen LogP contribution in [0.4, 0.5) is 0 Å². The summed E-state index contributed by atoms with van der Waals surface area (Å²) < 4.78 is 1.02. The van der Waals surface area contributed by atoms with Crippen molar-refractivity contribution in [2.45, 2.75) is 45.6 Å². The molecule has 2 aromatic rings. The average molecular weight is 382 g/mol. The van der Waals surface area contributed by atoms with Crippen LogP contribution in [0.2, 0.25) is 5.02 Å². The summed E-state index contributed by atoms with van der Waals surface area (Å²) in [6, 6.07) is 12.0. The van der Waals surface area contributed by atoms with Crippen LogP contribution in [0.15, 0.2) is 40.9 Å². The maximum atomic E-state index is 10.5. The predicted molar refractivity (Wildman–Crippen MR) is 98.5 cm³/mol. The zero-order valence-electron chi connectivity index (χ0n) is 13.7. The summed E-state index contributed by atoms with van der Waals surface area (Å²) in [5.74, 6) is 0. The van der Waals surface area contributed by atoms with Crippen LogP contribution < -0.4 is 0 Å². The molecular formula is C19H22BrClO. The molecule has 0 fully saturated rings. The van der Waals surface area contributed by atoms with Gasteiger partial charge in [0.05, 0.1) is 5.60 Å². The molecular weight excluding hydrogens is 360 g/mol. The SMILES string of the molecule is CC(C)(C)c1ccc(Br)cc1-c1ccc(Cl)cc1C(C)(C)O. The highest BCUT2D eigenvalue weighted by Gasteiger charge is 2.25. The maximum absolute atomic E-state index is 10.5. The van der Waals surface area contributed by atoms with E-state index in [1.807, 2.05) is 18.2 Å². The van der Waals surface area contributed by atoms with Gasteiger partial charge in [-0.2, -0.15) is 0 Å². The lowest BCUT2D eigenvalue weighted by atomic mass is 9.79. The van der Waals surface area contributed by atoms with Crippen LogP contribution in [-0.4, -0.2) is 5.11 Å². The highest BCUT2D eigenvalue weighted by atomic mass is 79.9. The monoisotopic (exact) mass is 380 g/mol. The second kappa shape index (κ2) is 5.99. The fourth-order valence-corrected chi connectivity index (χ4v) is 3.18. The first kappa shape index (κ1) is 17.5. The lowest BCUT2D eigenvalue weighted by Crippen LogP contribution is -2.18. The Kier molecular flexibility index (Phi) is 4.77. The van der Waals surface area contributed by atoms with Gasteiger partial charge in [0, 0.05) is 9.50 Å². The van der Waals surface area contributed by atoms with Gasteiger partial charge < -0.3 is 5.11 Å². The summed E-state index contributed by atoms with van der Waals surface area (Å²) in [5.41, 5.74) is 3.26. The molecule has 1 nitrogen and oxygen atoms in total. The summed E-state index contributed by atoms with van der Waals surface area (Å²) in [6.07, 6.45) is 0. The van der Waals surface area contributed by atoms with E-state index in [2.05, 4.69) is 54.9 Å². The van der Waals surface area contributed by atoms with Crippen LogP contribution in [0, 0.1) is 0 Å². The fraction of sp³-hybridized carbons (Fsp3) is 0.368. The van der Waals surface area contributed by atoms with E-state index >= 15 is 0 Å². The Bertz CT molecular complexity index is 694. The predicted octanol–water partition coefficient (Wildman–Crippen LogP) is 6.29. The highest BCUT2D eigenvalue weighted by molar-refractivity contribution is 9.10. The zero-order valence-corrected chi connectivity index (χ0v) is 16.0. The van der Waals surface area contributed by atoms with Gasteiger partial charge in [0.15, 0.2) is 0 Å². The molecule has 0 radical (unpaired) electrons. The quantitative estimate of drug-likeness (QED) is 0.647. The van der Waals surface area contributed by atoms with Gasteiger partial charge in [-0.3, -0.25) is 0 Å². The van der Waals surface area contributed by atoms with E-state index in [1.165, 1.54) is 5.56 Å². The third kappa shape index (κ3) is 3.73. The molecule has 0 atom stereocenters. The third-order valence-corrected chi connectivity index (χ3v) is 4.45. The molecule has 0 amide bonds. The molecule has 0 heterocycles. The minimum Gasteiger partial charge on any atom is -0.386 e. The number of benzene rings is 2. The Morgan fingerprint density at radius 3 is 2.05 bits per heavy atom. The summed E-state index contributed by atoms with van der Waals surface area (Å²) in [5, 5.41) is 11.2. The van der Waals surface area contributed by atoms with Crippen LogP contribution in [0.3, 0.4) is 0 Å².